The molecule has 0 aliphatic carbocycles. The zero-order valence-corrected chi connectivity index (χ0v) is 42.8. The van der Waals surface area contributed by atoms with E-state index in [4.69, 9.17) is 0 Å². The molecule has 0 atom stereocenters. The molecule has 2 aliphatic heterocycles. The van der Waals surface area contributed by atoms with Crippen LogP contribution in [0, 0.1) is 34.6 Å². The Balaban J connectivity index is 1.17. The number of anilines is 6. The number of thiophene rings is 3. The fourth-order valence-corrected chi connectivity index (χ4v) is 14.6. The normalized spacial score (nSPS) is 13.5. The van der Waals surface area contributed by atoms with E-state index in [9.17, 15) is 0 Å². The van der Waals surface area contributed by atoms with Crippen LogP contribution in [0.4, 0.5) is 34.1 Å². The van der Waals surface area contributed by atoms with Gasteiger partial charge in [-0.05, 0) is 172 Å². The van der Waals surface area contributed by atoms with Gasteiger partial charge in [0.2, 0.25) is 0 Å². The van der Waals surface area contributed by atoms with Gasteiger partial charge in [0.15, 0.2) is 0 Å². The average Bonchev–Trinajstić information content (AvgIpc) is 4.02. The summed E-state index contributed by atoms with van der Waals surface area (Å²) in [5.41, 5.74) is 24.7. The highest BCUT2D eigenvalue weighted by molar-refractivity contribution is 7.33. The SMILES string of the molecule is Cc1cc2c3c(c1)N(c1c(C)cc(-c4csc5ccccc45)cc1C)c1c(sc4ccc(C(C)(C)C)cc14)B3c1ccc(-c3csc4ccccc34)cc1N2c1c(C)cc(C(C)(C)C)cc1C. The lowest BCUT2D eigenvalue weighted by Gasteiger charge is -2.45. The summed E-state index contributed by atoms with van der Waals surface area (Å²) in [6.07, 6.45) is 0. The molecule has 67 heavy (non-hydrogen) atoms. The van der Waals surface area contributed by atoms with Gasteiger partial charge in [0.05, 0.1) is 17.1 Å². The maximum Gasteiger partial charge on any atom is 0.264 e. The third-order valence-electron chi connectivity index (χ3n) is 14.6. The van der Waals surface area contributed by atoms with Crippen LogP contribution in [-0.4, -0.2) is 6.71 Å². The van der Waals surface area contributed by atoms with E-state index in [1.165, 1.54) is 141 Å². The number of benzene rings is 7. The van der Waals surface area contributed by atoms with Crippen LogP contribution in [-0.2, 0) is 10.8 Å². The van der Waals surface area contributed by atoms with Gasteiger partial charge in [0.25, 0.3) is 6.71 Å². The zero-order valence-electron chi connectivity index (χ0n) is 40.4. The van der Waals surface area contributed by atoms with Crippen LogP contribution in [0.2, 0.25) is 0 Å². The van der Waals surface area contributed by atoms with Crippen molar-refractivity contribution in [2.24, 2.45) is 0 Å². The summed E-state index contributed by atoms with van der Waals surface area (Å²) in [6, 6.07) is 47.1. The van der Waals surface area contributed by atoms with Gasteiger partial charge in [0, 0.05) is 63.2 Å². The molecule has 7 aromatic carbocycles. The first-order chi connectivity index (χ1) is 32.0. The monoisotopic (exact) mass is 922 g/mol. The minimum Gasteiger partial charge on any atom is -0.311 e. The number of fused-ring (bicyclic) bond motifs is 8. The molecule has 2 aliphatic rings. The Labute approximate surface area is 408 Å². The van der Waals surface area contributed by atoms with Crippen molar-refractivity contribution in [3.63, 3.8) is 0 Å². The van der Waals surface area contributed by atoms with Gasteiger partial charge in [0.1, 0.15) is 0 Å². The van der Waals surface area contributed by atoms with Crippen molar-refractivity contribution in [2.45, 2.75) is 87.0 Å². The topological polar surface area (TPSA) is 6.48 Å². The number of hydrogen-bond acceptors (Lipinski definition) is 5. The lowest BCUT2D eigenvalue weighted by molar-refractivity contribution is 0.589. The molecule has 12 rings (SSSR count). The van der Waals surface area contributed by atoms with Crippen molar-refractivity contribution >= 4 is 121 Å². The molecule has 0 unspecified atom stereocenters. The van der Waals surface area contributed by atoms with Crippen LogP contribution >= 0.6 is 34.0 Å². The molecule has 0 bridgehead atoms. The Kier molecular flexibility index (Phi) is 9.53. The number of hydrogen-bond donors (Lipinski definition) is 0. The highest BCUT2D eigenvalue weighted by Crippen LogP contribution is 2.52. The molecule has 6 heteroatoms. The smallest absolute Gasteiger partial charge is 0.264 e. The first-order valence-electron chi connectivity index (χ1n) is 23.7. The maximum atomic E-state index is 2.70. The summed E-state index contributed by atoms with van der Waals surface area (Å²) in [5, 5.41) is 8.67. The molecule has 330 valence electrons. The van der Waals surface area contributed by atoms with Crippen molar-refractivity contribution in [1.29, 1.82) is 0 Å². The number of rotatable bonds is 4. The molecule has 3 aromatic heterocycles. The molecule has 10 aromatic rings. The quantitative estimate of drug-likeness (QED) is 0.162. The van der Waals surface area contributed by atoms with Gasteiger partial charge in [-0.1, -0.05) is 108 Å². The Hall–Kier alpha value is -5.92. The van der Waals surface area contributed by atoms with Crippen molar-refractivity contribution in [1.82, 2.24) is 0 Å². The highest BCUT2D eigenvalue weighted by atomic mass is 32.1. The Morgan fingerprint density at radius 1 is 0.448 bits per heavy atom. The van der Waals surface area contributed by atoms with Crippen LogP contribution in [0.5, 0.6) is 0 Å². The zero-order chi connectivity index (χ0) is 46.4. The highest BCUT2D eigenvalue weighted by Gasteiger charge is 2.46. The molecular weight excluding hydrogens is 868 g/mol. The first kappa shape index (κ1) is 42.4. The summed E-state index contributed by atoms with van der Waals surface area (Å²) in [5.74, 6) is 0. The Morgan fingerprint density at radius 3 is 1.61 bits per heavy atom. The fraction of sp³-hybridized carbons (Fsp3) is 0.213. The van der Waals surface area contributed by atoms with Crippen LogP contribution in [0.25, 0.3) is 52.5 Å². The second kappa shape index (κ2) is 15.0. The van der Waals surface area contributed by atoms with Crippen molar-refractivity contribution < 1.29 is 0 Å². The van der Waals surface area contributed by atoms with Gasteiger partial charge in [-0.15, -0.1) is 34.0 Å². The van der Waals surface area contributed by atoms with Crippen LogP contribution in [0.3, 0.4) is 0 Å². The maximum absolute atomic E-state index is 2.70. The van der Waals surface area contributed by atoms with Crippen molar-refractivity contribution in [3.05, 3.63) is 171 Å². The van der Waals surface area contributed by atoms with Crippen LogP contribution < -0.4 is 25.5 Å². The van der Waals surface area contributed by atoms with E-state index >= 15 is 0 Å². The van der Waals surface area contributed by atoms with Gasteiger partial charge >= 0.3 is 0 Å². The fourth-order valence-electron chi connectivity index (χ4n) is 11.3. The van der Waals surface area contributed by atoms with Crippen LogP contribution in [0.15, 0.2) is 132 Å². The molecular formula is C61H55BN2S3. The second-order valence-electron chi connectivity index (χ2n) is 21.3. The second-order valence-corrected chi connectivity index (χ2v) is 24.2. The molecule has 0 fully saturated rings. The Morgan fingerprint density at radius 2 is 1.00 bits per heavy atom. The molecule has 0 saturated heterocycles. The van der Waals surface area contributed by atoms with E-state index in [2.05, 4.69) is 218 Å². The summed E-state index contributed by atoms with van der Waals surface area (Å²) in [6.45, 7) is 25.7. The summed E-state index contributed by atoms with van der Waals surface area (Å²) < 4.78 is 5.40. The first-order valence-corrected chi connectivity index (χ1v) is 26.2. The van der Waals surface area contributed by atoms with E-state index in [-0.39, 0.29) is 17.5 Å². The molecule has 0 N–H and O–H groups in total. The molecule has 5 heterocycles. The van der Waals surface area contributed by atoms with E-state index < -0.39 is 0 Å². The average molecular weight is 923 g/mol. The van der Waals surface area contributed by atoms with E-state index in [0.29, 0.717) is 0 Å². The Bertz CT molecular complexity index is 3650. The minimum atomic E-state index is -0.000606. The van der Waals surface area contributed by atoms with Gasteiger partial charge in [-0.25, -0.2) is 0 Å². The predicted octanol–water partition coefficient (Wildman–Crippen LogP) is 16.9. The third-order valence-corrected chi connectivity index (χ3v) is 17.7. The van der Waals surface area contributed by atoms with Crippen molar-refractivity contribution in [2.75, 3.05) is 9.80 Å². The lowest BCUT2D eigenvalue weighted by atomic mass is 9.36. The predicted molar refractivity (Wildman–Crippen MR) is 299 cm³/mol. The summed E-state index contributed by atoms with van der Waals surface area (Å²) >= 11 is 5.67. The minimum absolute atomic E-state index is 0.000606. The largest absolute Gasteiger partial charge is 0.311 e. The lowest BCUT2D eigenvalue weighted by Crippen LogP contribution is -2.60. The van der Waals surface area contributed by atoms with Crippen molar-refractivity contribution in [3.8, 4) is 22.3 Å². The molecule has 0 saturated carbocycles. The van der Waals surface area contributed by atoms with E-state index in [1.54, 1.807) is 0 Å². The van der Waals surface area contributed by atoms with E-state index in [1.807, 2.05) is 34.0 Å². The number of aryl methyl sites for hydroxylation is 5. The molecule has 0 radical (unpaired) electrons. The van der Waals surface area contributed by atoms with Gasteiger partial charge in [-0.2, -0.15) is 0 Å². The summed E-state index contributed by atoms with van der Waals surface area (Å²) in [7, 11) is 0. The van der Waals surface area contributed by atoms with Gasteiger partial charge in [-0.3, -0.25) is 0 Å². The summed E-state index contributed by atoms with van der Waals surface area (Å²) in [4.78, 5) is 5.35. The molecule has 0 amide bonds. The third kappa shape index (κ3) is 6.54. The van der Waals surface area contributed by atoms with Gasteiger partial charge < -0.3 is 9.80 Å². The standard InChI is InChI=1S/C61H55BN2S3/c1-34-24-50-55-51(25-34)64(57-35(2)26-40(27-36(57)3)47-33-66-53-19-15-13-17-44(47)53)58-45-31-41(60(6,7)8)21-23-54(45)67-59(58)62(55)48-22-20-39(46-32-65-52-18-14-12-16-43(46)52)30-49(48)63(50)56-37(4)28-42(29-38(56)5)61(9,10)11/h12-33H,1-11H3. The van der Waals surface area contributed by atoms with E-state index in [0.717, 1.165) is 0 Å². The number of nitrogens with zero attached hydrogens (tertiary/aromatic N) is 2. The molecule has 2 nitrogen and oxygen atoms in total. The van der Waals surface area contributed by atoms with Crippen LogP contribution in [0.1, 0.15) is 80.5 Å². The molecule has 0 spiro atoms.